The lowest BCUT2D eigenvalue weighted by molar-refractivity contribution is -0.168. The van der Waals surface area contributed by atoms with Gasteiger partial charge in [-0.1, -0.05) is 87.0 Å². The Morgan fingerprint density at radius 3 is 1.20 bits per heavy atom. The van der Waals surface area contributed by atoms with Crippen molar-refractivity contribution in [2.45, 2.75) is 152 Å². The molecule has 0 radical (unpaired) electrons. The molecule has 0 heterocycles. The third-order valence-corrected chi connectivity index (χ3v) is 18.9. The zero-order chi connectivity index (χ0) is 34.2. The van der Waals surface area contributed by atoms with E-state index >= 15 is 0 Å². The first-order valence-electron chi connectivity index (χ1n) is 18.6. The third kappa shape index (κ3) is 19.0. The minimum Gasteiger partial charge on any atom is -0.461 e. The molecule has 0 aliphatic carbocycles. The molecule has 0 aromatic heterocycles. The number of hydrogen-bond acceptors (Lipinski definition) is 6. The molecule has 0 spiro atoms. The van der Waals surface area contributed by atoms with Crippen molar-refractivity contribution < 1.29 is 28.6 Å². The van der Waals surface area contributed by atoms with Gasteiger partial charge in [0.2, 0.25) is 0 Å². The number of ether oxygens (including phenoxy) is 3. The average Bonchev–Trinajstić information content (AvgIpc) is 3.03. The van der Waals surface area contributed by atoms with Gasteiger partial charge < -0.3 is 14.2 Å². The molecule has 45 heavy (non-hydrogen) atoms. The molecule has 1 atom stereocenters. The normalized spacial score (nSPS) is 13.0. The van der Waals surface area contributed by atoms with E-state index in [-0.39, 0.29) is 31.1 Å². The first kappa shape index (κ1) is 44.3. The summed E-state index contributed by atoms with van der Waals surface area (Å²) in [7, 11) is -2.98. The number of rotatable bonds is 29. The highest BCUT2D eigenvalue weighted by Crippen LogP contribution is 2.61. The van der Waals surface area contributed by atoms with Gasteiger partial charge in [0.1, 0.15) is 13.2 Å². The number of carbonyl (C=O) groups excluding carboxylic acids is 3. The van der Waals surface area contributed by atoms with Gasteiger partial charge in [-0.15, -0.1) is 0 Å². The van der Waals surface area contributed by atoms with E-state index in [1.54, 1.807) is 0 Å². The Morgan fingerprint density at radius 1 is 0.533 bits per heavy atom. The number of carbonyl (C=O) groups is 3. The smallest absolute Gasteiger partial charge is 0.344 e. The van der Waals surface area contributed by atoms with Gasteiger partial charge in [0.25, 0.3) is 0 Å². The van der Waals surface area contributed by atoms with Crippen molar-refractivity contribution in [2.75, 3.05) is 62.5 Å². The molecule has 0 amide bonds. The number of hydrogen-bond donors (Lipinski definition) is 0. The van der Waals surface area contributed by atoms with Crippen molar-refractivity contribution >= 4 is 32.4 Å². The third-order valence-electron chi connectivity index (χ3n) is 9.41. The topological polar surface area (TPSA) is 78.9 Å². The van der Waals surface area contributed by atoms with Crippen LogP contribution >= 0.6 is 14.5 Å². The molecule has 0 rings (SSSR count). The van der Waals surface area contributed by atoms with E-state index < -0.39 is 26.0 Å². The van der Waals surface area contributed by atoms with Crippen molar-refractivity contribution in [2.24, 2.45) is 5.41 Å². The van der Waals surface area contributed by atoms with Gasteiger partial charge in [-0.25, -0.2) is 9.59 Å². The lowest BCUT2D eigenvalue weighted by Gasteiger charge is -2.29. The highest BCUT2D eigenvalue weighted by atomic mass is 31.2. The van der Waals surface area contributed by atoms with Crippen molar-refractivity contribution in [3.63, 3.8) is 0 Å². The van der Waals surface area contributed by atoms with E-state index in [4.69, 9.17) is 14.2 Å². The van der Waals surface area contributed by atoms with E-state index in [0.717, 1.165) is 114 Å². The van der Waals surface area contributed by atoms with Crippen LogP contribution in [0.3, 0.4) is 0 Å². The van der Waals surface area contributed by atoms with Gasteiger partial charge in [-0.3, -0.25) is 4.79 Å². The van der Waals surface area contributed by atoms with Crippen molar-refractivity contribution in [3.05, 3.63) is 0 Å². The molecule has 0 saturated carbocycles. The molecule has 0 aromatic rings. The van der Waals surface area contributed by atoms with Crippen LogP contribution in [0.15, 0.2) is 0 Å². The molecule has 0 N–H and O–H groups in total. The summed E-state index contributed by atoms with van der Waals surface area (Å²) >= 11 is 0. The molecule has 1 unspecified atom stereocenters. The second-order valence-corrected chi connectivity index (χ2v) is 22.8. The Morgan fingerprint density at radius 2 is 0.867 bits per heavy atom. The Labute approximate surface area is 280 Å². The van der Waals surface area contributed by atoms with Crippen LogP contribution < -0.4 is 0 Å². The lowest BCUT2D eigenvalue weighted by Crippen LogP contribution is -2.35. The minimum atomic E-state index is -1.51. The van der Waals surface area contributed by atoms with Gasteiger partial charge >= 0.3 is 17.9 Å². The van der Waals surface area contributed by atoms with E-state index in [2.05, 4.69) is 41.5 Å². The van der Waals surface area contributed by atoms with Crippen molar-refractivity contribution in [3.8, 4) is 0 Å². The molecule has 266 valence electrons. The Bertz CT molecular complexity index is 756. The van der Waals surface area contributed by atoms with Crippen molar-refractivity contribution in [1.82, 2.24) is 0 Å². The molecule has 0 saturated heterocycles. The average molecular weight is 677 g/mol. The van der Waals surface area contributed by atoms with E-state index in [0.29, 0.717) is 18.7 Å². The van der Waals surface area contributed by atoms with E-state index in [1.807, 2.05) is 20.8 Å². The zero-order valence-corrected chi connectivity index (χ0v) is 33.0. The monoisotopic (exact) mass is 676 g/mol. The fourth-order valence-corrected chi connectivity index (χ4v) is 15.2. The molecule has 0 aromatic carbocycles. The van der Waals surface area contributed by atoms with Crippen LogP contribution in [0.5, 0.6) is 0 Å². The standard InChI is InChI=1S/C37H74O6P2/c1-10-17-23-44(24-18-11-2,25-19-12-3)31-34(38)41-29-33(30-42-36(40)37(8,9)16-7)43-35(39)32-45(26-20-13-4,27-21-14-5)28-22-15-6/h33H,10-32H2,1-9H3/q+2. The predicted molar refractivity (Wildman–Crippen MR) is 198 cm³/mol. The van der Waals surface area contributed by atoms with Crippen LogP contribution in [-0.4, -0.2) is 86.5 Å². The maximum atomic E-state index is 13.6. The molecular formula is C37H74O6P2+2. The van der Waals surface area contributed by atoms with Crippen LogP contribution in [0, 0.1) is 5.41 Å². The van der Waals surface area contributed by atoms with Crippen LogP contribution in [-0.2, 0) is 28.6 Å². The maximum absolute atomic E-state index is 13.6. The molecule has 0 bridgehead atoms. The van der Waals surface area contributed by atoms with Crippen LogP contribution in [0.2, 0.25) is 0 Å². The van der Waals surface area contributed by atoms with E-state index in [1.165, 1.54) is 0 Å². The van der Waals surface area contributed by atoms with Crippen LogP contribution in [0.25, 0.3) is 0 Å². The summed E-state index contributed by atoms with van der Waals surface area (Å²) in [4.78, 5) is 39.9. The number of unbranched alkanes of at least 4 members (excludes halogenated alkanes) is 6. The molecular weight excluding hydrogens is 602 g/mol. The highest BCUT2D eigenvalue weighted by molar-refractivity contribution is 7.77. The Hall–Kier alpha value is -0.730. The summed E-state index contributed by atoms with van der Waals surface area (Å²) in [5.41, 5.74) is -0.631. The molecule has 8 heteroatoms. The van der Waals surface area contributed by atoms with Gasteiger partial charge in [-0.05, 0) is 58.8 Å². The fourth-order valence-electron chi connectivity index (χ4n) is 5.73. The summed E-state index contributed by atoms with van der Waals surface area (Å²) in [6, 6.07) is 0. The fraction of sp³-hybridized carbons (Fsp3) is 0.919. The summed E-state index contributed by atoms with van der Waals surface area (Å²) in [5.74, 6) is -0.741. The lowest BCUT2D eigenvalue weighted by atomic mass is 9.91. The maximum Gasteiger partial charge on any atom is 0.344 e. The minimum absolute atomic E-state index is 0.0654. The molecule has 0 fully saturated rings. The largest absolute Gasteiger partial charge is 0.461 e. The van der Waals surface area contributed by atoms with Crippen molar-refractivity contribution in [1.29, 1.82) is 0 Å². The van der Waals surface area contributed by atoms with Crippen LogP contribution in [0.4, 0.5) is 0 Å². The second kappa shape index (κ2) is 25.3. The summed E-state index contributed by atoms with van der Waals surface area (Å²) in [6.45, 7) is 18.8. The predicted octanol–water partition coefficient (Wildman–Crippen LogP) is 10.3. The quantitative estimate of drug-likeness (QED) is 0.0446. The van der Waals surface area contributed by atoms with E-state index in [9.17, 15) is 14.4 Å². The number of esters is 3. The first-order valence-corrected chi connectivity index (χ1v) is 23.7. The Balaban J connectivity index is 5.91. The highest BCUT2D eigenvalue weighted by Gasteiger charge is 2.41. The molecule has 0 aliphatic rings. The first-order chi connectivity index (χ1) is 21.4. The molecule has 0 aliphatic heterocycles. The summed E-state index contributed by atoms with van der Waals surface area (Å²) in [5, 5.41) is 0. The summed E-state index contributed by atoms with van der Waals surface area (Å²) < 4.78 is 17.6. The Kier molecular flexibility index (Phi) is 24.9. The van der Waals surface area contributed by atoms with Gasteiger partial charge in [0.05, 0.1) is 42.4 Å². The SMILES string of the molecule is CCCC[P+](CCCC)(CCCC)CC(=O)OCC(COC(=O)C(C)(C)CC)OC(=O)C[P+](CCCC)(CCCC)CCCC. The van der Waals surface area contributed by atoms with Crippen LogP contribution in [0.1, 0.15) is 146 Å². The van der Waals surface area contributed by atoms with Gasteiger partial charge in [-0.2, -0.15) is 0 Å². The summed E-state index contributed by atoms with van der Waals surface area (Å²) in [6.07, 6.45) is 21.2. The van der Waals surface area contributed by atoms with Gasteiger partial charge in [0, 0.05) is 14.5 Å². The second-order valence-electron chi connectivity index (χ2n) is 14.1. The molecule has 6 nitrogen and oxygen atoms in total. The zero-order valence-electron chi connectivity index (χ0n) is 31.2. The van der Waals surface area contributed by atoms with Gasteiger partial charge in [0.15, 0.2) is 18.4 Å².